The van der Waals surface area contributed by atoms with E-state index in [2.05, 4.69) is 31.3 Å². The number of nitrogens with zero attached hydrogens (tertiary/aromatic N) is 1. The molecule has 0 aliphatic heterocycles. The summed E-state index contributed by atoms with van der Waals surface area (Å²) in [5, 5.41) is 3.34. The molecular weight excluding hydrogens is 248 g/mol. The van der Waals surface area contributed by atoms with E-state index in [0.717, 1.165) is 26.1 Å². The third-order valence-corrected chi connectivity index (χ3v) is 3.36. The molecule has 1 aromatic rings. The SMILES string of the molecule is CCN(Cc1ccccc1)C(=O)CCNCCC(C)C. The lowest BCUT2D eigenvalue weighted by molar-refractivity contribution is -0.131. The molecule has 0 bridgehead atoms. The first kappa shape index (κ1) is 16.7. The van der Waals surface area contributed by atoms with Crippen LogP contribution in [0.4, 0.5) is 0 Å². The topological polar surface area (TPSA) is 32.3 Å². The van der Waals surface area contributed by atoms with Gasteiger partial charge < -0.3 is 10.2 Å². The molecule has 1 aromatic carbocycles. The van der Waals surface area contributed by atoms with Gasteiger partial charge in [0, 0.05) is 26.1 Å². The Morgan fingerprint density at radius 2 is 1.90 bits per heavy atom. The molecule has 3 heteroatoms. The van der Waals surface area contributed by atoms with E-state index in [4.69, 9.17) is 0 Å². The largest absolute Gasteiger partial charge is 0.339 e. The quantitative estimate of drug-likeness (QED) is 0.703. The predicted octanol–water partition coefficient (Wildman–Crippen LogP) is 3.06. The van der Waals surface area contributed by atoms with Crippen molar-refractivity contribution in [3.05, 3.63) is 35.9 Å². The number of benzene rings is 1. The maximum absolute atomic E-state index is 12.2. The van der Waals surface area contributed by atoms with Crippen molar-refractivity contribution >= 4 is 5.91 Å². The van der Waals surface area contributed by atoms with Gasteiger partial charge in [-0.15, -0.1) is 0 Å². The molecule has 0 aliphatic carbocycles. The Morgan fingerprint density at radius 1 is 1.20 bits per heavy atom. The zero-order chi connectivity index (χ0) is 14.8. The minimum atomic E-state index is 0.230. The van der Waals surface area contributed by atoms with Gasteiger partial charge in [0.05, 0.1) is 0 Å². The van der Waals surface area contributed by atoms with E-state index in [0.29, 0.717) is 18.9 Å². The standard InChI is InChI=1S/C17H28N2O/c1-4-19(14-16-8-6-5-7-9-16)17(20)11-13-18-12-10-15(2)3/h5-9,15,18H,4,10-14H2,1-3H3. The molecule has 0 saturated carbocycles. The molecule has 0 heterocycles. The van der Waals surface area contributed by atoms with E-state index in [1.165, 1.54) is 5.56 Å². The lowest BCUT2D eigenvalue weighted by atomic mass is 10.1. The van der Waals surface area contributed by atoms with Gasteiger partial charge in [0.25, 0.3) is 0 Å². The molecule has 0 spiro atoms. The number of carbonyl (C=O) groups is 1. The average Bonchev–Trinajstić information content (AvgIpc) is 2.45. The molecule has 1 N–H and O–H groups in total. The fourth-order valence-electron chi connectivity index (χ4n) is 2.05. The summed E-state index contributed by atoms with van der Waals surface area (Å²) in [6.07, 6.45) is 1.74. The highest BCUT2D eigenvalue weighted by atomic mass is 16.2. The summed E-state index contributed by atoms with van der Waals surface area (Å²) in [4.78, 5) is 14.1. The summed E-state index contributed by atoms with van der Waals surface area (Å²) in [5.74, 6) is 0.942. The number of hydrogen-bond donors (Lipinski definition) is 1. The average molecular weight is 276 g/mol. The number of nitrogens with one attached hydrogen (secondary N) is 1. The molecule has 112 valence electrons. The van der Waals surface area contributed by atoms with Gasteiger partial charge in [-0.1, -0.05) is 44.2 Å². The highest BCUT2D eigenvalue weighted by Crippen LogP contribution is 2.05. The van der Waals surface area contributed by atoms with Crippen molar-refractivity contribution in [1.29, 1.82) is 0 Å². The van der Waals surface area contributed by atoms with Crippen LogP contribution in [0.3, 0.4) is 0 Å². The molecule has 0 aliphatic rings. The van der Waals surface area contributed by atoms with Crippen molar-refractivity contribution in [2.45, 2.75) is 40.2 Å². The van der Waals surface area contributed by atoms with E-state index < -0.39 is 0 Å². The van der Waals surface area contributed by atoms with Crippen LogP contribution < -0.4 is 5.32 Å². The molecule has 0 fully saturated rings. The van der Waals surface area contributed by atoms with Crippen molar-refractivity contribution in [1.82, 2.24) is 10.2 Å². The zero-order valence-corrected chi connectivity index (χ0v) is 13.1. The first-order valence-electron chi connectivity index (χ1n) is 7.66. The van der Waals surface area contributed by atoms with Gasteiger partial charge in [-0.2, -0.15) is 0 Å². The maximum atomic E-state index is 12.2. The summed E-state index contributed by atoms with van der Waals surface area (Å²) in [7, 11) is 0. The third kappa shape index (κ3) is 6.71. The van der Waals surface area contributed by atoms with Crippen LogP contribution in [0.25, 0.3) is 0 Å². The molecule has 0 aromatic heterocycles. The second-order valence-corrected chi connectivity index (χ2v) is 5.58. The Labute approximate surface area is 123 Å². The molecule has 0 saturated heterocycles. The molecule has 0 radical (unpaired) electrons. The van der Waals surface area contributed by atoms with E-state index in [-0.39, 0.29) is 5.91 Å². The summed E-state index contributed by atoms with van der Waals surface area (Å²) >= 11 is 0. The smallest absolute Gasteiger partial charge is 0.224 e. The fourth-order valence-corrected chi connectivity index (χ4v) is 2.05. The van der Waals surface area contributed by atoms with E-state index in [1.807, 2.05) is 30.0 Å². The van der Waals surface area contributed by atoms with Gasteiger partial charge in [0.2, 0.25) is 5.91 Å². The van der Waals surface area contributed by atoms with Gasteiger partial charge in [-0.25, -0.2) is 0 Å². The van der Waals surface area contributed by atoms with Crippen molar-refractivity contribution in [3.63, 3.8) is 0 Å². The number of carbonyl (C=O) groups excluding carboxylic acids is 1. The first-order valence-corrected chi connectivity index (χ1v) is 7.66. The third-order valence-electron chi connectivity index (χ3n) is 3.36. The number of amides is 1. The van der Waals surface area contributed by atoms with Crippen LogP contribution in [-0.4, -0.2) is 30.4 Å². The molecule has 3 nitrogen and oxygen atoms in total. The Bertz CT molecular complexity index is 376. The monoisotopic (exact) mass is 276 g/mol. The maximum Gasteiger partial charge on any atom is 0.224 e. The minimum absolute atomic E-state index is 0.230. The van der Waals surface area contributed by atoms with Crippen LogP contribution in [0.1, 0.15) is 39.2 Å². The fraction of sp³-hybridized carbons (Fsp3) is 0.588. The minimum Gasteiger partial charge on any atom is -0.339 e. The van der Waals surface area contributed by atoms with Crippen molar-refractivity contribution in [2.24, 2.45) is 5.92 Å². The normalized spacial score (nSPS) is 10.8. The Balaban J connectivity index is 2.29. The number of rotatable bonds is 9. The molecule has 20 heavy (non-hydrogen) atoms. The summed E-state index contributed by atoms with van der Waals surface area (Å²) in [6.45, 7) is 9.71. The van der Waals surface area contributed by atoms with Crippen LogP contribution in [0, 0.1) is 5.92 Å². The van der Waals surface area contributed by atoms with Gasteiger partial charge in [0.15, 0.2) is 0 Å². The summed E-state index contributed by atoms with van der Waals surface area (Å²) in [5.41, 5.74) is 1.19. The van der Waals surface area contributed by atoms with Crippen LogP contribution in [0.2, 0.25) is 0 Å². The molecule has 0 atom stereocenters. The molecule has 1 amide bonds. The Hall–Kier alpha value is -1.35. The first-order chi connectivity index (χ1) is 9.63. The highest BCUT2D eigenvalue weighted by Gasteiger charge is 2.11. The second kappa shape index (κ2) is 9.54. The number of hydrogen-bond acceptors (Lipinski definition) is 2. The molecule has 0 unspecified atom stereocenters. The van der Waals surface area contributed by atoms with E-state index >= 15 is 0 Å². The lowest BCUT2D eigenvalue weighted by Gasteiger charge is -2.21. The summed E-state index contributed by atoms with van der Waals surface area (Å²) < 4.78 is 0. The molecule has 1 rings (SSSR count). The Kier molecular flexibility index (Phi) is 7.97. The molecular formula is C17H28N2O. The van der Waals surface area contributed by atoms with Crippen molar-refractivity contribution in [3.8, 4) is 0 Å². The van der Waals surface area contributed by atoms with Crippen molar-refractivity contribution < 1.29 is 4.79 Å². The lowest BCUT2D eigenvalue weighted by Crippen LogP contribution is -2.33. The second-order valence-electron chi connectivity index (χ2n) is 5.58. The predicted molar refractivity (Wildman–Crippen MR) is 84.5 cm³/mol. The summed E-state index contributed by atoms with van der Waals surface area (Å²) in [6, 6.07) is 10.2. The van der Waals surface area contributed by atoms with Crippen LogP contribution in [-0.2, 0) is 11.3 Å². The van der Waals surface area contributed by atoms with Crippen LogP contribution in [0.15, 0.2) is 30.3 Å². The highest BCUT2D eigenvalue weighted by molar-refractivity contribution is 5.76. The van der Waals surface area contributed by atoms with E-state index in [9.17, 15) is 4.79 Å². The van der Waals surface area contributed by atoms with Gasteiger partial charge in [-0.05, 0) is 31.4 Å². The van der Waals surface area contributed by atoms with Gasteiger partial charge >= 0.3 is 0 Å². The zero-order valence-electron chi connectivity index (χ0n) is 13.1. The van der Waals surface area contributed by atoms with E-state index in [1.54, 1.807) is 0 Å². The van der Waals surface area contributed by atoms with Gasteiger partial charge in [0.1, 0.15) is 0 Å². The van der Waals surface area contributed by atoms with Crippen LogP contribution in [0.5, 0.6) is 0 Å². The van der Waals surface area contributed by atoms with Crippen molar-refractivity contribution in [2.75, 3.05) is 19.6 Å². The van der Waals surface area contributed by atoms with Crippen LogP contribution >= 0.6 is 0 Å². The Morgan fingerprint density at radius 3 is 2.50 bits per heavy atom. The van der Waals surface area contributed by atoms with Gasteiger partial charge in [-0.3, -0.25) is 4.79 Å².